The Hall–Kier alpha value is -2.65. The lowest BCUT2D eigenvalue weighted by molar-refractivity contribution is -0.122. The monoisotopic (exact) mass is 520 g/mol. The van der Waals surface area contributed by atoms with Crippen LogP contribution < -0.4 is 10.2 Å². The molecule has 2 aliphatic rings. The van der Waals surface area contributed by atoms with Crippen molar-refractivity contribution in [2.24, 2.45) is 7.05 Å². The van der Waals surface area contributed by atoms with Crippen molar-refractivity contribution in [1.29, 1.82) is 0 Å². The minimum absolute atomic E-state index is 0.221. The molecular weight excluding hydrogens is 507 g/mol. The number of halogens is 3. The van der Waals surface area contributed by atoms with Crippen LogP contribution in [0.25, 0.3) is 0 Å². The molecule has 0 fully saturated rings. The van der Waals surface area contributed by atoms with E-state index in [-0.39, 0.29) is 16.3 Å². The van der Waals surface area contributed by atoms with E-state index in [0.717, 1.165) is 11.8 Å². The number of carbonyl (C=O) groups excluding carboxylic acids is 2. The van der Waals surface area contributed by atoms with Crippen LogP contribution in [0.2, 0.25) is 15.2 Å². The fourth-order valence-corrected chi connectivity index (χ4v) is 6.18. The highest BCUT2D eigenvalue weighted by atomic mass is 35.5. The molecule has 1 unspecified atom stereocenters. The zero-order valence-corrected chi connectivity index (χ0v) is 20.3. The number of hydrogen-bond acceptors (Lipinski definition) is 5. The highest BCUT2D eigenvalue weighted by Crippen LogP contribution is 2.58. The maximum Gasteiger partial charge on any atom is 0.260 e. The van der Waals surface area contributed by atoms with Gasteiger partial charge in [0.25, 0.3) is 11.8 Å². The Morgan fingerprint density at radius 1 is 1.12 bits per heavy atom. The van der Waals surface area contributed by atoms with E-state index in [2.05, 4.69) is 10.4 Å². The lowest BCUT2D eigenvalue weighted by Gasteiger charge is -2.36. The predicted octanol–water partition coefficient (Wildman–Crippen LogP) is 5.26. The van der Waals surface area contributed by atoms with E-state index in [9.17, 15) is 14.7 Å². The van der Waals surface area contributed by atoms with Gasteiger partial charge in [-0.2, -0.15) is 5.10 Å². The van der Waals surface area contributed by atoms with Crippen LogP contribution in [0.1, 0.15) is 11.3 Å². The molecule has 1 atom stereocenters. The largest absolute Gasteiger partial charge is 0.507 e. The molecule has 1 spiro atoms. The number of thioether (sulfide) groups is 1. The summed E-state index contributed by atoms with van der Waals surface area (Å²) in [6, 6.07) is 9.48. The number of nitrogens with one attached hydrogen (secondary N) is 1. The van der Waals surface area contributed by atoms with E-state index in [0.29, 0.717) is 37.0 Å². The number of phenolic OH excluding ortho intramolecular Hbond substituents is 1. The van der Waals surface area contributed by atoms with Crippen LogP contribution in [0.15, 0.2) is 52.3 Å². The molecule has 2 amide bonds. The number of carbonyl (C=O) groups is 2. The number of nitrogens with zero attached hydrogens (tertiary/aromatic N) is 3. The zero-order valence-electron chi connectivity index (χ0n) is 17.2. The molecule has 0 saturated heterocycles. The first kappa shape index (κ1) is 22.2. The third-order valence-corrected chi connectivity index (χ3v) is 7.89. The zero-order chi connectivity index (χ0) is 23.7. The number of aromatic hydroxyl groups is 1. The number of phenols is 1. The SMILES string of the molecule is Cc1nn(C)c(Cl)c1SC1=CC(=O)N(c2cccc(Cl)c2)C12C(=O)Nc1cc(Cl)cc(O)c12. The Morgan fingerprint density at radius 3 is 2.55 bits per heavy atom. The van der Waals surface area contributed by atoms with Gasteiger partial charge >= 0.3 is 0 Å². The smallest absolute Gasteiger partial charge is 0.260 e. The van der Waals surface area contributed by atoms with Crippen LogP contribution in [0.4, 0.5) is 11.4 Å². The molecule has 168 valence electrons. The third kappa shape index (κ3) is 3.16. The quantitative estimate of drug-likeness (QED) is 0.491. The molecule has 33 heavy (non-hydrogen) atoms. The summed E-state index contributed by atoms with van der Waals surface area (Å²) in [5.74, 6) is -1.19. The van der Waals surface area contributed by atoms with Crippen molar-refractivity contribution >= 4 is 69.8 Å². The summed E-state index contributed by atoms with van der Waals surface area (Å²) < 4.78 is 1.51. The summed E-state index contributed by atoms with van der Waals surface area (Å²) in [5.41, 5.74) is -0.129. The second-order valence-corrected chi connectivity index (χ2v) is 9.89. The van der Waals surface area contributed by atoms with Gasteiger partial charge in [0.2, 0.25) is 0 Å². The Kier molecular flexibility index (Phi) is 5.17. The van der Waals surface area contributed by atoms with Gasteiger partial charge in [-0.15, -0.1) is 0 Å². The lowest BCUT2D eigenvalue weighted by Crippen LogP contribution is -2.50. The van der Waals surface area contributed by atoms with Gasteiger partial charge in [0, 0.05) is 33.8 Å². The van der Waals surface area contributed by atoms with Crippen LogP contribution in [-0.4, -0.2) is 26.7 Å². The molecule has 5 rings (SSSR count). The lowest BCUT2D eigenvalue weighted by atomic mass is 9.89. The number of rotatable bonds is 3. The molecule has 11 heteroatoms. The van der Waals surface area contributed by atoms with Crippen molar-refractivity contribution in [2.45, 2.75) is 17.4 Å². The highest BCUT2D eigenvalue weighted by Gasteiger charge is 2.61. The fraction of sp³-hybridized carbons (Fsp3) is 0.136. The third-order valence-electron chi connectivity index (χ3n) is 5.57. The van der Waals surface area contributed by atoms with Gasteiger partial charge in [0.05, 0.1) is 21.8 Å². The standard InChI is InChI=1S/C22H15Cl3N4O3S/c1-10-19(20(25)28(2)27-10)33-16-9-17(31)29(13-5-3-4-11(23)6-13)22(16)18-14(26-21(22)32)7-12(24)8-15(18)30/h3-9,30H,1-2H3,(H,26,32). The summed E-state index contributed by atoms with van der Waals surface area (Å²) in [7, 11) is 1.70. The predicted molar refractivity (Wildman–Crippen MR) is 129 cm³/mol. The maximum atomic E-state index is 13.7. The number of hydrogen-bond donors (Lipinski definition) is 2. The van der Waals surface area contributed by atoms with Gasteiger partial charge in [0.1, 0.15) is 10.9 Å². The molecule has 3 aromatic rings. The second kappa shape index (κ2) is 7.70. The number of aromatic nitrogens is 2. The molecule has 0 saturated carbocycles. The molecular formula is C22H15Cl3N4O3S. The normalized spacial score (nSPS) is 19.3. The molecule has 1 aromatic heterocycles. The fourth-order valence-electron chi connectivity index (χ4n) is 4.28. The minimum Gasteiger partial charge on any atom is -0.507 e. The first-order chi connectivity index (χ1) is 15.6. The minimum atomic E-state index is -1.69. The Labute approximate surface area is 207 Å². The van der Waals surface area contributed by atoms with Gasteiger partial charge < -0.3 is 10.4 Å². The van der Waals surface area contributed by atoms with Crippen molar-refractivity contribution < 1.29 is 14.7 Å². The van der Waals surface area contributed by atoms with Crippen LogP contribution in [0.3, 0.4) is 0 Å². The summed E-state index contributed by atoms with van der Waals surface area (Å²) in [6.45, 7) is 1.78. The summed E-state index contributed by atoms with van der Waals surface area (Å²) in [5, 5.41) is 19.0. The topological polar surface area (TPSA) is 87.5 Å². The van der Waals surface area contributed by atoms with E-state index in [1.54, 1.807) is 38.2 Å². The Balaban J connectivity index is 1.79. The van der Waals surface area contributed by atoms with Gasteiger partial charge in [-0.1, -0.05) is 52.6 Å². The molecule has 0 radical (unpaired) electrons. The van der Waals surface area contributed by atoms with Gasteiger partial charge in [0.15, 0.2) is 5.54 Å². The average Bonchev–Trinajstić information content (AvgIpc) is 3.27. The van der Waals surface area contributed by atoms with Crippen molar-refractivity contribution in [3.05, 3.63) is 73.8 Å². The van der Waals surface area contributed by atoms with E-state index < -0.39 is 17.4 Å². The van der Waals surface area contributed by atoms with E-state index >= 15 is 0 Å². The van der Waals surface area contributed by atoms with Crippen molar-refractivity contribution in [1.82, 2.24) is 9.78 Å². The number of anilines is 2. The first-order valence-corrected chi connectivity index (χ1v) is 11.6. The maximum absolute atomic E-state index is 13.7. The van der Waals surface area contributed by atoms with Crippen LogP contribution in [-0.2, 0) is 22.2 Å². The van der Waals surface area contributed by atoms with E-state index in [1.165, 1.54) is 27.8 Å². The van der Waals surface area contributed by atoms with Crippen molar-refractivity contribution in [2.75, 3.05) is 10.2 Å². The van der Waals surface area contributed by atoms with Crippen LogP contribution >= 0.6 is 46.6 Å². The van der Waals surface area contributed by atoms with E-state index in [1.807, 2.05) is 0 Å². The van der Waals surface area contributed by atoms with Crippen LogP contribution in [0, 0.1) is 6.92 Å². The van der Waals surface area contributed by atoms with Crippen molar-refractivity contribution in [3.63, 3.8) is 0 Å². The number of benzene rings is 2. The highest BCUT2D eigenvalue weighted by molar-refractivity contribution is 8.03. The van der Waals surface area contributed by atoms with Gasteiger partial charge in [-0.25, -0.2) is 0 Å². The van der Waals surface area contributed by atoms with Gasteiger partial charge in [-0.3, -0.25) is 19.2 Å². The van der Waals surface area contributed by atoms with Crippen molar-refractivity contribution in [3.8, 4) is 5.75 Å². The van der Waals surface area contributed by atoms with Gasteiger partial charge in [-0.05, 0) is 37.3 Å². The Bertz CT molecular complexity index is 1400. The van der Waals surface area contributed by atoms with Crippen LogP contribution in [0.5, 0.6) is 5.75 Å². The molecule has 0 aliphatic carbocycles. The number of aryl methyl sites for hydroxylation is 2. The molecule has 2 aromatic carbocycles. The summed E-state index contributed by atoms with van der Waals surface area (Å²) in [6.07, 6.45) is 1.37. The molecule has 2 aliphatic heterocycles. The second-order valence-electron chi connectivity index (χ2n) is 7.61. The summed E-state index contributed by atoms with van der Waals surface area (Å²) >= 11 is 19.9. The molecule has 7 nitrogen and oxygen atoms in total. The molecule has 2 N–H and O–H groups in total. The number of fused-ring (bicyclic) bond motifs is 2. The van der Waals surface area contributed by atoms with E-state index in [4.69, 9.17) is 34.8 Å². The molecule has 3 heterocycles. The molecule has 0 bridgehead atoms. The Morgan fingerprint density at radius 2 is 1.88 bits per heavy atom. The number of amides is 2. The summed E-state index contributed by atoms with van der Waals surface area (Å²) in [4.78, 5) is 29.4. The average molecular weight is 522 g/mol. The first-order valence-electron chi connectivity index (χ1n) is 9.68.